The summed E-state index contributed by atoms with van der Waals surface area (Å²) in [5.74, 6) is 1.14. The predicted octanol–water partition coefficient (Wildman–Crippen LogP) is 1.09. The van der Waals surface area contributed by atoms with Gasteiger partial charge in [0.15, 0.2) is 0 Å². The number of carbonyl (C=O) groups excluding carboxylic acids is 1. The Bertz CT molecular complexity index is 295. The number of rotatable bonds is 3. The van der Waals surface area contributed by atoms with Crippen LogP contribution in [0.3, 0.4) is 0 Å². The minimum Gasteiger partial charge on any atom is -0.368 e. The summed E-state index contributed by atoms with van der Waals surface area (Å²) < 4.78 is 0. The van der Waals surface area contributed by atoms with Crippen molar-refractivity contribution in [2.24, 2.45) is 23.3 Å². The number of piperidine rings is 1. The van der Waals surface area contributed by atoms with Crippen molar-refractivity contribution in [3.05, 3.63) is 0 Å². The van der Waals surface area contributed by atoms with Gasteiger partial charge in [-0.15, -0.1) is 0 Å². The molecule has 4 heteroatoms. The van der Waals surface area contributed by atoms with Gasteiger partial charge in [-0.05, 0) is 50.6 Å². The topological polar surface area (TPSA) is 72.3 Å². The highest BCUT2D eigenvalue weighted by molar-refractivity contribution is 5.80. The lowest BCUT2D eigenvalue weighted by atomic mass is 9.77. The second-order valence-electron chi connectivity index (χ2n) is 6.13. The number of amides is 1. The van der Waals surface area contributed by atoms with Crippen molar-refractivity contribution in [2.45, 2.75) is 57.5 Å². The molecule has 1 aliphatic heterocycles. The lowest BCUT2D eigenvalue weighted by Crippen LogP contribution is -2.56. The molecule has 0 radical (unpaired) electrons. The van der Waals surface area contributed by atoms with Gasteiger partial charge in [-0.2, -0.15) is 0 Å². The maximum Gasteiger partial charge on any atom is 0.234 e. The van der Waals surface area contributed by atoms with Gasteiger partial charge in [0.2, 0.25) is 5.91 Å². The second kappa shape index (κ2) is 6.02. The number of primary amides is 1. The monoisotopic (exact) mass is 253 g/mol. The van der Waals surface area contributed by atoms with E-state index >= 15 is 0 Å². The fraction of sp³-hybridized carbons (Fsp3) is 0.929. The van der Waals surface area contributed by atoms with Crippen LogP contribution in [0.5, 0.6) is 0 Å². The third kappa shape index (κ3) is 2.86. The second-order valence-corrected chi connectivity index (χ2v) is 6.13. The van der Waals surface area contributed by atoms with Gasteiger partial charge < -0.3 is 11.5 Å². The first kappa shape index (κ1) is 13.8. The van der Waals surface area contributed by atoms with Crippen LogP contribution in [0.15, 0.2) is 0 Å². The molecule has 2 fully saturated rings. The average Bonchev–Trinajstić information content (AvgIpc) is 2.38. The fourth-order valence-electron chi connectivity index (χ4n) is 3.75. The molecule has 2 aliphatic rings. The zero-order valence-corrected chi connectivity index (χ0v) is 11.5. The molecular formula is C14H27N3O. The molecule has 0 aromatic heterocycles. The highest BCUT2D eigenvalue weighted by atomic mass is 16.1. The molecule has 4 nitrogen and oxygen atoms in total. The molecule has 4 unspecified atom stereocenters. The number of nitrogens with two attached hydrogens (primary N) is 2. The van der Waals surface area contributed by atoms with Crippen molar-refractivity contribution >= 4 is 5.91 Å². The summed E-state index contributed by atoms with van der Waals surface area (Å²) in [6.07, 6.45) is 6.88. The third-order valence-corrected chi connectivity index (χ3v) is 4.82. The van der Waals surface area contributed by atoms with Crippen LogP contribution in [0.1, 0.15) is 45.4 Å². The minimum absolute atomic E-state index is 0.0527. The van der Waals surface area contributed by atoms with Crippen molar-refractivity contribution in [1.29, 1.82) is 0 Å². The Morgan fingerprint density at radius 1 is 1.28 bits per heavy atom. The smallest absolute Gasteiger partial charge is 0.234 e. The Balaban J connectivity index is 2.12. The first-order valence-corrected chi connectivity index (χ1v) is 7.38. The van der Waals surface area contributed by atoms with Gasteiger partial charge in [-0.25, -0.2) is 0 Å². The molecule has 0 spiro atoms. The van der Waals surface area contributed by atoms with Gasteiger partial charge in [0.1, 0.15) is 0 Å². The molecule has 2 rings (SSSR count). The van der Waals surface area contributed by atoms with Crippen LogP contribution in [0.4, 0.5) is 0 Å². The lowest BCUT2D eigenvalue weighted by Gasteiger charge is -2.46. The third-order valence-electron chi connectivity index (χ3n) is 4.82. The Morgan fingerprint density at radius 3 is 2.72 bits per heavy atom. The number of likely N-dealkylation sites (tertiary alicyclic amines) is 1. The van der Waals surface area contributed by atoms with Crippen LogP contribution < -0.4 is 11.5 Å². The lowest BCUT2D eigenvalue weighted by molar-refractivity contribution is -0.126. The molecule has 104 valence electrons. The van der Waals surface area contributed by atoms with Crippen molar-refractivity contribution in [3.8, 4) is 0 Å². The predicted molar refractivity (Wildman–Crippen MR) is 72.9 cm³/mol. The van der Waals surface area contributed by atoms with E-state index in [9.17, 15) is 4.79 Å². The van der Waals surface area contributed by atoms with Crippen LogP contribution in [0.25, 0.3) is 0 Å². The van der Waals surface area contributed by atoms with Crippen molar-refractivity contribution in [1.82, 2.24) is 4.90 Å². The van der Waals surface area contributed by atoms with Crippen molar-refractivity contribution in [3.63, 3.8) is 0 Å². The SMILES string of the molecule is CC1CCC(CN)C(N2CCCCC2C(N)=O)C1. The fourth-order valence-corrected chi connectivity index (χ4v) is 3.75. The van der Waals surface area contributed by atoms with Crippen molar-refractivity contribution in [2.75, 3.05) is 13.1 Å². The van der Waals surface area contributed by atoms with E-state index in [1.807, 2.05) is 0 Å². The first-order valence-electron chi connectivity index (χ1n) is 7.38. The maximum absolute atomic E-state index is 11.6. The minimum atomic E-state index is -0.149. The van der Waals surface area contributed by atoms with Crippen LogP contribution in [0, 0.1) is 11.8 Å². The summed E-state index contributed by atoms with van der Waals surface area (Å²) in [6.45, 7) is 4.06. The molecule has 1 aliphatic carbocycles. The molecule has 0 bridgehead atoms. The van der Waals surface area contributed by atoms with E-state index in [0.717, 1.165) is 31.8 Å². The summed E-state index contributed by atoms with van der Waals surface area (Å²) >= 11 is 0. The van der Waals surface area contributed by atoms with Gasteiger partial charge in [0.25, 0.3) is 0 Å². The van der Waals surface area contributed by atoms with Gasteiger partial charge in [0.05, 0.1) is 6.04 Å². The van der Waals surface area contributed by atoms with Gasteiger partial charge >= 0.3 is 0 Å². The molecular weight excluding hydrogens is 226 g/mol. The van der Waals surface area contributed by atoms with E-state index in [-0.39, 0.29) is 11.9 Å². The summed E-state index contributed by atoms with van der Waals surface area (Å²) in [6, 6.07) is 0.416. The van der Waals surface area contributed by atoms with Crippen LogP contribution in [-0.2, 0) is 4.79 Å². The molecule has 4 atom stereocenters. The van der Waals surface area contributed by atoms with E-state index in [1.54, 1.807) is 0 Å². The zero-order chi connectivity index (χ0) is 13.1. The number of nitrogens with zero attached hydrogens (tertiary/aromatic N) is 1. The molecule has 4 N–H and O–H groups in total. The molecule has 1 saturated carbocycles. The summed E-state index contributed by atoms with van der Waals surface area (Å²) in [7, 11) is 0. The molecule has 1 amide bonds. The normalized spacial score (nSPS) is 38.6. The Labute approximate surface area is 110 Å². The van der Waals surface area contributed by atoms with Crippen LogP contribution >= 0.6 is 0 Å². The Kier molecular flexibility index (Phi) is 4.62. The quantitative estimate of drug-likeness (QED) is 0.791. The van der Waals surface area contributed by atoms with Crippen LogP contribution in [-0.4, -0.2) is 36.0 Å². The number of carbonyl (C=O) groups is 1. The summed E-state index contributed by atoms with van der Waals surface area (Å²) in [4.78, 5) is 14.0. The number of hydrogen-bond donors (Lipinski definition) is 2. The van der Waals surface area contributed by atoms with Gasteiger partial charge in [-0.1, -0.05) is 19.8 Å². The van der Waals surface area contributed by atoms with E-state index in [2.05, 4.69) is 11.8 Å². The highest BCUT2D eigenvalue weighted by Crippen LogP contribution is 2.34. The van der Waals surface area contributed by atoms with Gasteiger partial charge in [-0.3, -0.25) is 9.69 Å². The van der Waals surface area contributed by atoms with E-state index in [0.29, 0.717) is 12.0 Å². The first-order chi connectivity index (χ1) is 8.63. The zero-order valence-electron chi connectivity index (χ0n) is 11.5. The van der Waals surface area contributed by atoms with E-state index in [1.165, 1.54) is 25.7 Å². The maximum atomic E-state index is 11.6. The molecule has 0 aromatic rings. The molecule has 0 aromatic carbocycles. The van der Waals surface area contributed by atoms with Gasteiger partial charge in [0, 0.05) is 6.04 Å². The number of hydrogen-bond acceptors (Lipinski definition) is 3. The highest BCUT2D eigenvalue weighted by Gasteiger charge is 2.38. The van der Waals surface area contributed by atoms with E-state index in [4.69, 9.17) is 11.5 Å². The molecule has 18 heavy (non-hydrogen) atoms. The summed E-state index contributed by atoms with van der Waals surface area (Å²) in [5.41, 5.74) is 11.5. The Hall–Kier alpha value is -0.610. The molecule has 1 saturated heterocycles. The molecule has 1 heterocycles. The standard InChI is InChI=1S/C14H27N3O/c1-10-5-6-11(9-15)13(8-10)17-7-3-2-4-12(17)14(16)18/h10-13H,2-9,15H2,1H3,(H2,16,18). The van der Waals surface area contributed by atoms with Crippen molar-refractivity contribution < 1.29 is 4.79 Å². The average molecular weight is 253 g/mol. The van der Waals surface area contributed by atoms with Crippen LogP contribution in [0.2, 0.25) is 0 Å². The van der Waals surface area contributed by atoms with E-state index < -0.39 is 0 Å². The largest absolute Gasteiger partial charge is 0.368 e. The summed E-state index contributed by atoms with van der Waals surface area (Å²) in [5, 5.41) is 0. The Morgan fingerprint density at radius 2 is 2.06 bits per heavy atom.